The molecule has 37 heteroatoms. The summed E-state index contributed by atoms with van der Waals surface area (Å²) >= 11 is 0. The molecule has 682 valence electrons. The minimum atomic E-state index is -1.23. The summed E-state index contributed by atoms with van der Waals surface area (Å²) in [6.07, 6.45) is 0.550. The smallest absolute Gasteiger partial charge is 0.410 e. The van der Waals surface area contributed by atoms with Gasteiger partial charge in [0.2, 0.25) is 23.6 Å². The molecule has 0 spiro atoms. The van der Waals surface area contributed by atoms with E-state index in [1.165, 1.54) is 4.90 Å². The number of esters is 6. The number of amides is 9. The molecule has 0 fully saturated rings. The van der Waals surface area contributed by atoms with Crippen molar-refractivity contribution in [1.82, 2.24) is 47.4 Å². The van der Waals surface area contributed by atoms with Crippen LogP contribution in [0.25, 0.3) is 0 Å². The lowest BCUT2D eigenvalue weighted by Crippen LogP contribution is -2.53. The molecule has 9 amide bonds. The highest BCUT2D eigenvalue weighted by Crippen LogP contribution is 2.19. The van der Waals surface area contributed by atoms with Crippen molar-refractivity contribution in [2.24, 2.45) is 0 Å². The number of benzene rings is 1. The Balaban J connectivity index is 2.33. The highest BCUT2D eigenvalue weighted by Gasteiger charge is 2.34. The highest BCUT2D eigenvalue weighted by atomic mass is 16.6. The van der Waals surface area contributed by atoms with Crippen LogP contribution in [0, 0.1) is 0 Å². The van der Waals surface area contributed by atoms with Gasteiger partial charge in [0.25, 0.3) is 0 Å². The predicted octanol–water partition coefficient (Wildman–Crippen LogP) is 6.03. The Bertz CT molecular complexity index is 2980. The Morgan fingerprint density at radius 3 is 0.891 bits per heavy atom. The summed E-state index contributed by atoms with van der Waals surface area (Å²) in [4.78, 5) is 169. The molecule has 119 heavy (non-hydrogen) atoms. The lowest BCUT2D eigenvalue weighted by atomic mass is 10.1. The lowest BCUT2D eigenvalue weighted by molar-refractivity contribution is -0.160. The molecule has 0 saturated carbocycles. The first-order valence-corrected chi connectivity index (χ1v) is 40.8. The van der Waals surface area contributed by atoms with Crippen molar-refractivity contribution >= 4 is 77.6 Å². The Morgan fingerprint density at radius 1 is 0.311 bits per heavy atom. The average molecular weight is 1700 g/mol. The molecule has 1 rings (SSSR count). The van der Waals surface area contributed by atoms with E-state index in [-0.39, 0.29) is 227 Å². The second kappa shape index (κ2) is 59.2. The Morgan fingerprint density at radius 2 is 0.588 bits per heavy atom. The highest BCUT2D eigenvalue weighted by molar-refractivity contribution is 5.89. The van der Waals surface area contributed by atoms with Gasteiger partial charge in [0.15, 0.2) is 0 Å². The second-order valence-corrected chi connectivity index (χ2v) is 33.5. The first kappa shape index (κ1) is 108. The van der Waals surface area contributed by atoms with Gasteiger partial charge in [-0.15, -0.1) is 0 Å². The summed E-state index contributed by atoms with van der Waals surface area (Å²) in [6.45, 7) is 34.0. The summed E-state index contributed by atoms with van der Waals surface area (Å²) < 4.78 is 82.4. The molecule has 0 aromatic heterocycles. The van der Waals surface area contributed by atoms with Crippen LogP contribution in [0.3, 0.4) is 0 Å². The lowest BCUT2D eigenvalue weighted by Gasteiger charge is -2.27. The molecule has 37 nitrogen and oxygen atoms in total. The SMILES string of the molecule is CC(C)(C)OC(=O)CC[C@H](NC(=O)N[C@@H](CCCCNC(=O)COCCOCCOCCOCCNC(=O)CCN(CCC(=O)NCCOCCOCCOCCOCC(=O)NCCCC[C@H](NC(=O)N[C@@H](CCC(=O)OC(C)(C)C)C(=O)OC(C)(C)C)C(=O)OC(C)(C)C)C(=O)OCc1ccccc1)C(=O)OC(C)(C)C)C(=O)OC(C)(C)C. The maximum atomic E-state index is 13.3. The van der Waals surface area contributed by atoms with Gasteiger partial charge < -0.3 is 118 Å². The minimum Gasteiger partial charge on any atom is -0.460 e. The quantitative estimate of drug-likeness (QED) is 0.0210. The number of nitrogens with zero attached hydrogens (tertiary/aromatic N) is 1. The average Bonchev–Trinajstić information content (AvgIpc) is 0.875. The van der Waals surface area contributed by atoms with Crippen LogP contribution in [-0.4, -0.2) is 285 Å². The maximum Gasteiger partial charge on any atom is 0.410 e. The minimum absolute atomic E-state index is 0.00504. The fourth-order valence-corrected chi connectivity index (χ4v) is 9.95. The summed E-state index contributed by atoms with van der Waals surface area (Å²) in [7, 11) is 0. The van der Waals surface area contributed by atoms with Gasteiger partial charge >= 0.3 is 54.0 Å². The number of rotatable bonds is 60. The third-order valence-corrected chi connectivity index (χ3v) is 15.1. The van der Waals surface area contributed by atoms with Crippen LogP contribution < -0.4 is 42.5 Å². The number of carbonyl (C=O) groups is 13. The summed E-state index contributed by atoms with van der Waals surface area (Å²) in [5.41, 5.74) is -4.25. The van der Waals surface area contributed by atoms with Crippen LogP contribution in [0.5, 0.6) is 0 Å². The Hall–Kier alpha value is -8.59. The molecule has 0 saturated heterocycles. The van der Waals surface area contributed by atoms with Gasteiger partial charge in [-0.1, -0.05) is 30.3 Å². The van der Waals surface area contributed by atoms with Crippen LogP contribution in [0.4, 0.5) is 14.4 Å². The van der Waals surface area contributed by atoms with Crippen molar-refractivity contribution < 1.29 is 133 Å². The number of urea groups is 2. The Kier molecular flexibility index (Phi) is 53.9. The fourth-order valence-electron chi connectivity index (χ4n) is 9.95. The van der Waals surface area contributed by atoms with Crippen LogP contribution in [0.1, 0.15) is 207 Å². The van der Waals surface area contributed by atoms with Crippen molar-refractivity contribution in [3.63, 3.8) is 0 Å². The molecule has 8 N–H and O–H groups in total. The van der Waals surface area contributed by atoms with Crippen molar-refractivity contribution in [3.8, 4) is 0 Å². The predicted molar refractivity (Wildman–Crippen MR) is 436 cm³/mol. The van der Waals surface area contributed by atoms with Crippen LogP contribution in [0.2, 0.25) is 0 Å². The second-order valence-electron chi connectivity index (χ2n) is 33.5. The normalized spacial score (nSPS) is 12.9. The van der Waals surface area contributed by atoms with Gasteiger partial charge in [0.05, 0.1) is 92.5 Å². The molecular formula is C82H141N9O28. The summed E-state index contributed by atoms with van der Waals surface area (Å²) in [5, 5.41) is 21.3. The third-order valence-electron chi connectivity index (χ3n) is 15.1. The number of hydrogen-bond donors (Lipinski definition) is 8. The standard InChI is InChI=1S/C82H141N9O28/c1-77(2,3)114-68(96)32-30-62(72(100)118-81(13,14)15)89-74(102)87-60(70(98)116-79(7,8)9)28-22-24-36-83-66(94)57-111-54-52-109-50-48-107-46-44-105-42-38-85-64(92)34-40-91(76(104)113-56-59-26-20-19-21-27-59)41-35-65(93)86-39-43-106-45-47-108-49-51-110-53-55-112-58-67(95)84-37-25-23-29-61(71(99)117-80(10,11)12)88-75(103)90-63(73(101)119-82(16,17)18)31-33-69(97)115-78(4,5)6/h19-21,26-27,60-63H,22-25,28-58H2,1-18H3,(H,83,94)(H,84,95)(H,85,92)(H,86,93)(H2,87,89,102)(H2,88,90,103)/t60-,61-,62-,63-/m0/s1. The van der Waals surface area contributed by atoms with Crippen molar-refractivity contribution in [3.05, 3.63) is 35.9 Å². The molecule has 0 aliphatic rings. The van der Waals surface area contributed by atoms with Crippen molar-refractivity contribution in [2.45, 2.75) is 266 Å². The largest absolute Gasteiger partial charge is 0.460 e. The molecular weight excluding hydrogens is 1560 g/mol. The summed E-state index contributed by atoms with van der Waals surface area (Å²) in [5.74, 6) is -5.46. The van der Waals surface area contributed by atoms with Crippen LogP contribution in [-0.2, 0) is 126 Å². The van der Waals surface area contributed by atoms with E-state index >= 15 is 0 Å². The number of hydrogen-bond acceptors (Lipinski definition) is 28. The zero-order valence-electron chi connectivity index (χ0n) is 73.8. The topological polar surface area (TPSA) is 460 Å². The number of unbranched alkanes of at least 4 members (excludes halogenated alkanes) is 2. The maximum absolute atomic E-state index is 13.3. The zero-order valence-corrected chi connectivity index (χ0v) is 73.8. The summed E-state index contributed by atoms with van der Waals surface area (Å²) in [6, 6.07) is 2.70. The van der Waals surface area contributed by atoms with Gasteiger partial charge in [0.1, 0.15) is 77.6 Å². The molecule has 0 bridgehead atoms. The van der Waals surface area contributed by atoms with E-state index in [4.69, 9.17) is 71.1 Å². The van der Waals surface area contributed by atoms with Gasteiger partial charge in [-0.05, 0) is 182 Å². The van der Waals surface area contributed by atoms with Gasteiger partial charge in [-0.3, -0.25) is 28.8 Å². The van der Waals surface area contributed by atoms with E-state index in [9.17, 15) is 62.3 Å². The van der Waals surface area contributed by atoms with Gasteiger partial charge in [0, 0.05) is 65.0 Å². The number of carbonyl (C=O) groups excluding carboxylic acids is 13. The van der Waals surface area contributed by atoms with E-state index in [0.717, 1.165) is 5.56 Å². The molecule has 0 unspecified atom stereocenters. The molecule has 0 radical (unpaired) electrons. The van der Waals surface area contributed by atoms with Crippen LogP contribution in [0.15, 0.2) is 30.3 Å². The van der Waals surface area contributed by atoms with E-state index in [2.05, 4.69) is 42.5 Å². The zero-order chi connectivity index (χ0) is 89.5. The van der Waals surface area contributed by atoms with E-state index in [1.807, 2.05) is 18.2 Å². The number of ether oxygens (including phenoxy) is 15. The third kappa shape index (κ3) is 64.0. The van der Waals surface area contributed by atoms with Crippen LogP contribution >= 0.6 is 0 Å². The van der Waals surface area contributed by atoms with Gasteiger partial charge in [-0.2, -0.15) is 0 Å². The van der Waals surface area contributed by atoms with E-state index in [0.29, 0.717) is 25.7 Å². The van der Waals surface area contributed by atoms with E-state index < -0.39 is 112 Å². The number of nitrogens with one attached hydrogen (secondary N) is 8. The first-order valence-electron chi connectivity index (χ1n) is 40.8. The first-order chi connectivity index (χ1) is 55.7. The van der Waals surface area contributed by atoms with Crippen molar-refractivity contribution in [2.75, 3.05) is 145 Å². The molecule has 1 aromatic carbocycles. The molecule has 0 heterocycles. The Labute approximate surface area is 702 Å². The molecule has 4 atom stereocenters. The van der Waals surface area contributed by atoms with Gasteiger partial charge in [-0.25, -0.2) is 33.6 Å². The molecule has 1 aromatic rings. The molecule has 0 aliphatic heterocycles. The van der Waals surface area contributed by atoms with E-state index in [1.54, 1.807) is 137 Å². The fraction of sp³-hybridized carbons (Fsp3) is 0.768. The van der Waals surface area contributed by atoms with Crippen molar-refractivity contribution in [1.29, 1.82) is 0 Å². The molecule has 0 aliphatic carbocycles. The monoisotopic (exact) mass is 1700 g/mol.